The molecule has 0 bridgehead atoms. The molecule has 34 heavy (non-hydrogen) atoms. The van der Waals surface area contributed by atoms with E-state index in [2.05, 4.69) is 5.32 Å². The van der Waals surface area contributed by atoms with Gasteiger partial charge >= 0.3 is 0 Å². The van der Waals surface area contributed by atoms with Gasteiger partial charge in [0.2, 0.25) is 5.91 Å². The fourth-order valence-corrected chi connectivity index (χ4v) is 5.50. The summed E-state index contributed by atoms with van der Waals surface area (Å²) < 4.78 is 0. The third-order valence-corrected chi connectivity index (χ3v) is 7.65. The van der Waals surface area contributed by atoms with Gasteiger partial charge in [-0.05, 0) is 47.7 Å². The second-order valence-electron chi connectivity index (χ2n) is 7.86. The Balaban J connectivity index is 1.29. The number of amidine groups is 2. The van der Waals surface area contributed by atoms with Gasteiger partial charge in [0.05, 0.1) is 12.2 Å². The number of benzene rings is 2. The normalized spacial score (nSPS) is 16.6. The lowest BCUT2D eigenvalue weighted by Gasteiger charge is -2.25. The largest absolute Gasteiger partial charge is 0.351 e. The highest BCUT2D eigenvalue weighted by Crippen LogP contribution is 2.35. The molecular weight excluding hydrogens is 488 g/mol. The SMILES string of the molecule is O=C(CC[C@@H]1N=C2c3ccccc3N=C(SCc3ccc(Cl)cc3)N2C1=O)NCc1cccs1. The van der Waals surface area contributed by atoms with Gasteiger partial charge in [-0.3, -0.25) is 14.6 Å². The first-order valence-electron chi connectivity index (χ1n) is 10.8. The van der Waals surface area contributed by atoms with E-state index in [0.29, 0.717) is 34.7 Å². The fourth-order valence-electron chi connectivity index (χ4n) is 3.77. The van der Waals surface area contributed by atoms with E-state index in [1.807, 2.05) is 66.0 Å². The van der Waals surface area contributed by atoms with E-state index >= 15 is 0 Å². The van der Waals surface area contributed by atoms with Gasteiger partial charge in [0.15, 0.2) is 5.17 Å². The van der Waals surface area contributed by atoms with Crippen LogP contribution in [-0.2, 0) is 21.9 Å². The molecule has 3 aromatic rings. The molecular formula is C25H21ClN4O2S2. The summed E-state index contributed by atoms with van der Waals surface area (Å²) in [6.45, 7) is 0.501. The van der Waals surface area contributed by atoms with Crippen molar-refractivity contribution in [2.45, 2.75) is 31.2 Å². The van der Waals surface area contributed by atoms with E-state index in [1.54, 1.807) is 16.2 Å². The number of rotatable bonds is 7. The summed E-state index contributed by atoms with van der Waals surface area (Å²) in [6, 6.07) is 18.6. The number of thiophene rings is 1. The van der Waals surface area contributed by atoms with Gasteiger partial charge < -0.3 is 5.32 Å². The van der Waals surface area contributed by atoms with Crippen molar-refractivity contribution in [3.63, 3.8) is 0 Å². The van der Waals surface area contributed by atoms with Crippen LogP contribution in [0.15, 0.2) is 76.0 Å². The molecule has 0 unspecified atom stereocenters. The quantitative estimate of drug-likeness (QED) is 0.465. The van der Waals surface area contributed by atoms with Gasteiger partial charge in [-0.1, -0.05) is 53.7 Å². The number of halogens is 1. The van der Waals surface area contributed by atoms with E-state index < -0.39 is 6.04 Å². The van der Waals surface area contributed by atoms with Crippen molar-refractivity contribution in [1.29, 1.82) is 0 Å². The Kier molecular flexibility index (Phi) is 6.80. The third-order valence-electron chi connectivity index (χ3n) is 5.51. The number of hydrogen-bond acceptors (Lipinski definition) is 6. The second kappa shape index (κ2) is 10.1. The van der Waals surface area contributed by atoms with Crippen molar-refractivity contribution in [3.8, 4) is 0 Å². The maximum absolute atomic E-state index is 13.3. The van der Waals surface area contributed by atoms with Crippen molar-refractivity contribution < 1.29 is 9.59 Å². The van der Waals surface area contributed by atoms with Gasteiger partial charge in [-0.2, -0.15) is 0 Å². The Morgan fingerprint density at radius 2 is 1.94 bits per heavy atom. The first-order valence-corrected chi connectivity index (χ1v) is 13.1. The van der Waals surface area contributed by atoms with Gasteiger partial charge in [0.1, 0.15) is 11.9 Å². The lowest BCUT2D eigenvalue weighted by molar-refractivity contribution is -0.125. The van der Waals surface area contributed by atoms with E-state index in [1.165, 1.54) is 11.8 Å². The van der Waals surface area contributed by atoms with E-state index in [-0.39, 0.29) is 18.2 Å². The van der Waals surface area contributed by atoms with Crippen molar-refractivity contribution >= 4 is 63.2 Å². The Hall–Kier alpha value is -2.94. The van der Waals surface area contributed by atoms with Crippen LogP contribution in [-0.4, -0.2) is 33.8 Å². The van der Waals surface area contributed by atoms with Crippen LogP contribution in [0.25, 0.3) is 0 Å². The molecule has 0 aliphatic carbocycles. The van der Waals surface area contributed by atoms with Crippen molar-refractivity contribution in [2.75, 3.05) is 0 Å². The summed E-state index contributed by atoms with van der Waals surface area (Å²) in [7, 11) is 0. The molecule has 0 radical (unpaired) electrons. The minimum Gasteiger partial charge on any atom is -0.351 e. The molecule has 1 atom stereocenters. The smallest absolute Gasteiger partial charge is 0.259 e. The number of aliphatic imine (C=N–C) groups is 2. The Morgan fingerprint density at radius 1 is 1.12 bits per heavy atom. The molecule has 5 rings (SSSR count). The zero-order chi connectivity index (χ0) is 23.5. The number of carbonyl (C=O) groups excluding carboxylic acids is 2. The maximum Gasteiger partial charge on any atom is 0.259 e. The Morgan fingerprint density at radius 3 is 2.74 bits per heavy atom. The van der Waals surface area contributed by atoms with Crippen LogP contribution in [0, 0.1) is 0 Å². The molecule has 2 aliphatic heterocycles. The van der Waals surface area contributed by atoms with Crippen molar-refractivity contribution in [2.24, 2.45) is 9.98 Å². The minimum atomic E-state index is -0.602. The number of carbonyl (C=O) groups is 2. The summed E-state index contributed by atoms with van der Waals surface area (Å²) in [5.74, 6) is 1.03. The Bertz CT molecular complexity index is 1270. The minimum absolute atomic E-state index is 0.0855. The molecule has 0 spiro atoms. The number of hydrogen-bond donors (Lipinski definition) is 1. The van der Waals surface area contributed by atoms with Crippen LogP contribution in [0.4, 0.5) is 5.69 Å². The first-order chi connectivity index (χ1) is 16.6. The molecule has 9 heteroatoms. The average molecular weight is 509 g/mol. The lowest BCUT2D eigenvalue weighted by atomic mass is 10.1. The summed E-state index contributed by atoms with van der Waals surface area (Å²) in [5, 5.41) is 6.18. The molecule has 1 N–H and O–H groups in total. The van der Waals surface area contributed by atoms with Crippen LogP contribution in [0.2, 0.25) is 5.02 Å². The zero-order valence-corrected chi connectivity index (χ0v) is 20.5. The van der Waals surface area contributed by atoms with Gasteiger partial charge in [-0.25, -0.2) is 9.89 Å². The number of nitrogens with one attached hydrogen (secondary N) is 1. The van der Waals surface area contributed by atoms with Crippen molar-refractivity contribution in [3.05, 3.63) is 87.1 Å². The van der Waals surface area contributed by atoms with Crippen LogP contribution in [0.1, 0.15) is 28.8 Å². The van der Waals surface area contributed by atoms with Crippen LogP contribution >= 0.6 is 34.7 Å². The third kappa shape index (κ3) is 4.94. The van der Waals surface area contributed by atoms with Gasteiger partial charge in [0.25, 0.3) is 5.91 Å². The number of thioether (sulfide) groups is 1. The molecule has 2 aromatic carbocycles. The Labute approximate surface area is 210 Å². The highest BCUT2D eigenvalue weighted by molar-refractivity contribution is 8.13. The molecule has 0 saturated heterocycles. The van der Waals surface area contributed by atoms with Crippen LogP contribution in [0.3, 0.4) is 0 Å². The monoisotopic (exact) mass is 508 g/mol. The molecule has 1 aromatic heterocycles. The summed E-state index contributed by atoms with van der Waals surface area (Å²) >= 11 is 9.08. The molecule has 3 heterocycles. The number of nitrogens with zero attached hydrogens (tertiary/aromatic N) is 3. The maximum atomic E-state index is 13.3. The van der Waals surface area contributed by atoms with Crippen LogP contribution in [0.5, 0.6) is 0 Å². The van der Waals surface area contributed by atoms with E-state index in [0.717, 1.165) is 21.7 Å². The standard InChI is InChI=1S/C25H21ClN4O2S2/c26-17-9-7-16(8-10-17)15-34-25-29-20-6-2-1-5-19(20)23-28-21(24(32)30(23)25)11-12-22(31)27-14-18-4-3-13-33-18/h1-10,13,21H,11-12,14-15H2,(H,27,31)/t21-/m0/s1. The molecule has 172 valence electrons. The summed E-state index contributed by atoms with van der Waals surface area (Å²) in [6.07, 6.45) is 0.588. The highest BCUT2D eigenvalue weighted by Gasteiger charge is 2.41. The van der Waals surface area contributed by atoms with E-state index in [4.69, 9.17) is 21.6 Å². The summed E-state index contributed by atoms with van der Waals surface area (Å²) in [4.78, 5) is 37.9. The number of amides is 2. The molecule has 0 fully saturated rings. The topological polar surface area (TPSA) is 74.1 Å². The average Bonchev–Trinajstić information content (AvgIpc) is 3.49. The molecule has 6 nitrogen and oxygen atoms in total. The lowest BCUT2D eigenvalue weighted by Crippen LogP contribution is -2.41. The zero-order valence-electron chi connectivity index (χ0n) is 18.1. The van der Waals surface area contributed by atoms with Crippen molar-refractivity contribution in [1.82, 2.24) is 10.2 Å². The van der Waals surface area contributed by atoms with Crippen LogP contribution < -0.4 is 5.32 Å². The predicted molar refractivity (Wildman–Crippen MR) is 139 cm³/mol. The fraction of sp³-hybridized carbons (Fsp3) is 0.200. The van der Waals surface area contributed by atoms with E-state index in [9.17, 15) is 9.59 Å². The highest BCUT2D eigenvalue weighted by atomic mass is 35.5. The predicted octanol–water partition coefficient (Wildman–Crippen LogP) is 5.39. The molecule has 2 amide bonds. The number of para-hydroxylation sites is 1. The molecule has 2 aliphatic rings. The second-order valence-corrected chi connectivity index (χ2v) is 10.3. The van der Waals surface area contributed by atoms with Gasteiger partial charge in [0, 0.05) is 27.6 Å². The molecule has 0 saturated carbocycles. The number of fused-ring (bicyclic) bond motifs is 3. The summed E-state index contributed by atoms with van der Waals surface area (Å²) in [5.41, 5.74) is 2.70. The first kappa shape index (κ1) is 22.8. The van der Waals surface area contributed by atoms with Gasteiger partial charge in [-0.15, -0.1) is 11.3 Å².